The summed E-state index contributed by atoms with van der Waals surface area (Å²) >= 11 is 0. The van der Waals surface area contributed by atoms with Crippen LogP contribution in [0.3, 0.4) is 0 Å². The van der Waals surface area contributed by atoms with Gasteiger partial charge in [0.05, 0.1) is 12.5 Å². The Morgan fingerprint density at radius 3 is 2.50 bits per heavy atom. The van der Waals surface area contributed by atoms with Crippen molar-refractivity contribution in [1.82, 2.24) is 0 Å². The number of hydrogen-bond donors (Lipinski definition) is 0. The second kappa shape index (κ2) is 4.47. The molecule has 0 radical (unpaired) electrons. The number of nitriles is 1. The lowest BCUT2D eigenvalue weighted by Crippen LogP contribution is -1.92. The van der Waals surface area contributed by atoms with Crippen LogP contribution in [0.5, 0.6) is 0 Å². The third-order valence-corrected chi connectivity index (χ3v) is 1.57. The van der Waals surface area contributed by atoms with Gasteiger partial charge < -0.3 is 0 Å². The number of nitrogens with zero attached hydrogens (tertiary/aromatic N) is 1. The van der Waals surface area contributed by atoms with E-state index in [4.69, 9.17) is 5.26 Å². The molecule has 14 heavy (non-hydrogen) atoms. The Kier molecular flexibility index (Phi) is 3.29. The fourth-order valence-corrected chi connectivity index (χ4v) is 0.925. The van der Waals surface area contributed by atoms with E-state index < -0.39 is 23.0 Å². The van der Waals surface area contributed by atoms with E-state index in [9.17, 15) is 13.2 Å². The van der Waals surface area contributed by atoms with Gasteiger partial charge in [0.1, 0.15) is 5.82 Å². The Morgan fingerprint density at radius 1 is 1.21 bits per heavy atom. The lowest BCUT2D eigenvalue weighted by atomic mass is 10.1. The molecule has 4 heteroatoms. The summed E-state index contributed by atoms with van der Waals surface area (Å²) in [5, 5.41) is 8.17. The Bertz CT molecular complexity index is 405. The first-order valence-corrected chi connectivity index (χ1v) is 3.84. The highest BCUT2D eigenvalue weighted by Gasteiger charge is 2.10. The Labute approximate surface area is 79.1 Å². The molecule has 72 valence electrons. The van der Waals surface area contributed by atoms with E-state index in [0.717, 1.165) is 12.1 Å². The molecule has 0 N–H and O–H groups in total. The topological polar surface area (TPSA) is 23.8 Å². The van der Waals surface area contributed by atoms with Crippen molar-refractivity contribution in [3.05, 3.63) is 41.2 Å². The predicted octanol–water partition coefficient (Wildman–Crippen LogP) is 3.03. The van der Waals surface area contributed by atoms with Crippen LogP contribution in [0.25, 0.3) is 6.08 Å². The fourth-order valence-electron chi connectivity index (χ4n) is 0.925. The fraction of sp³-hybridized carbons (Fsp3) is 0.100. The Balaban J connectivity index is 3.08. The molecule has 0 saturated heterocycles. The molecule has 0 aliphatic rings. The van der Waals surface area contributed by atoms with Crippen LogP contribution in [0.2, 0.25) is 0 Å². The van der Waals surface area contributed by atoms with Gasteiger partial charge in [-0.2, -0.15) is 5.26 Å². The van der Waals surface area contributed by atoms with Crippen LogP contribution in [0.1, 0.15) is 12.0 Å². The summed E-state index contributed by atoms with van der Waals surface area (Å²) < 4.78 is 38.5. The van der Waals surface area contributed by atoms with Crippen molar-refractivity contribution in [3.63, 3.8) is 0 Å². The molecule has 0 spiro atoms. The maximum Gasteiger partial charge on any atom is 0.168 e. The van der Waals surface area contributed by atoms with Gasteiger partial charge in [0, 0.05) is 5.56 Å². The lowest BCUT2D eigenvalue weighted by Gasteiger charge is -1.99. The Hall–Kier alpha value is -1.76. The lowest BCUT2D eigenvalue weighted by molar-refractivity contribution is 0.492. The van der Waals surface area contributed by atoms with E-state index in [0.29, 0.717) is 6.07 Å². The number of allylic oxidation sites excluding steroid dienone is 1. The SMILES string of the molecule is N#CCC=Cc1c(F)ccc(F)c1F. The zero-order chi connectivity index (χ0) is 10.6. The summed E-state index contributed by atoms with van der Waals surface area (Å²) in [4.78, 5) is 0. The van der Waals surface area contributed by atoms with E-state index >= 15 is 0 Å². The summed E-state index contributed by atoms with van der Waals surface area (Å²) in [5.74, 6) is -3.19. The van der Waals surface area contributed by atoms with Gasteiger partial charge in [-0.15, -0.1) is 0 Å². The molecule has 0 aliphatic carbocycles. The van der Waals surface area contributed by atoms with Gasteiger partial charge in [-0.05, 0) is 12.1 Å². The quantitative estimate of drug-likeness (QED) is 0.668. The van der Waals surface area contributed by atoms with Gasteiger partial charge in [-0.1, -0.05) is 12.2 Å². The van der Waals surface area contributed by atoms with E-state index in [2.05, 4.69) is 0 Å². The number of rotatable bonds is 2. The van der Waals surface area contributed by atoms with Gasteiger partial charge in [-0.25, -0.2) is 13.2 Å². The van der Waals surface area contributed by atoms with Gasteiger partial charge in [0.25, 0.3) is 0 Å². The molecule has 1 aromatic rings. The molecular weight excluding hydrogens is 191 g/mol. The van der Waals surface area contributed by atoms with Crippen molar-refractivity contribution in [2.45, 2.75) is 6.42 Å². The number of halogens is 3. The van der Waals surface area contributed by atoms with Crippen molar-refractivity contribution in [2.75, 3.05) is 0 Å². The first-order chi connectivity index (χ1) is 6.66. The molecule has 1 rings (SSSR count). The maximum atomic E-state index is 12.9. The second-order valence-corrected chi connectivity index (χ2v) is 2.52. The molecule has 0 bridgehead atoms. The van der Waals surface area contributed by atoms with E-state index in [-0.39, 0.29) is 6.42 Å². The normalized spacial score (nSPS) is 10.4. The summed E-state index contributed by atoms with van der Waals surface area (Å²) in [6, 6.07) is 3.32. The van der Waals surface area contributed by atoms with Crippen LogP contribution < -0.4 is 0 Å². The first kappa shape index (κ1) is 10.3. The van der Waals surface area contributed by atoms with Crippen molar-refractivity contribution in [2.24, 2.45) is 0 Å². The van der Waals surface area contributed by atoms with Crippen molar-refractivity contribution >= 4 is 6.08 Å². The van der Waals surface area contributed by atoms with Crippen molar-refractivity contribution in [1.29, 1.82) is 5.26 Å². The van der Waals surface area contributed by atoms with Crippen LogP contribution in [0.4, 0.5) is 13.2 Å². The van der Waals surface area contributed by atoms with Crippen LogP contribution in [0.15, 0.2) is 18.2 Å². The molecule has 0 saturated carbocycles. The number of benzene rings is 1. The number of hydrogen-bond acceptors (Lipinski definition) is 1. The molecule has 0 unspecified atom stereocenters. The third-order valence-electron chi connectivity index (χ3n) is 1.57. The highest BCUT2D eigenvalue weighted by atomic mass is 19.2. The average Bonchev–Trinajstić information content (AvgIpc) is 2.18. The molecule has 1 aromatic carbocycles. The van der Waals surface area contributed by atoms with E-state index in [1.54, 1.807) is 6.07 Å². The van der Waals surface area contributed by atoms with E-state index in [1.165, 1.54) is 6.08 Å². The summed E-state index contributed by atoms with van der Waals surface area (Å²) in [6.45, 7) is 0. The van der Waals surface area contributed by atoms with E-state index in [1.807, 2.05) is 0 Å². The van der Waals surface area contributed by atoms with Gasteiger partial charge in [0.2, 0.25) is 0 Å². The molecule has 0 heterocycles. The van der Waals surface area contributed by atoms with Crippen LogP contribution in [-0.2, 0) is 0 Å². The zero-order valence-corrected chi connectivity index (χ0v) is 7.10. The minimum absolute atomic E-state index is 0.0232. The van der Waals surface area contributed by atoms with Crippen molar-refractivity contribution in [3.8, 4) is 6.07 Å². The highest BCUT2D eigenvalue weighted by Crippen LogP contribution is 2.17. The molecular formula is C10H6F3N. The average molecular weight is 197 g/mol. The van der Waals surface area contributed by atoms with Crippen LogP contribution >= 0.6 is 0 Å². The molecule has 0 aromatic heterocycles. The van der Waals surface area contributed by atoms with Gasteiger partial charge in [0.15, 0.2) is 11.6 Å². The smallest absolute Gasteiger partial charge is 0.168 e. The molecule has 0 amide bonds. The maximum absolute atomic E-state index is 12.9. The highest BCUT2D eigenvalue weighted by molar-refractivity contribution is 5.51. The summed E-state index contributed by atoms with van der Waals surface area (Å²) in [5.41, 5.74) is -0.458. The van der Waals surface area contributed by atoms with Crippen LogP contribution in [0, 0.1) is 28.8 Å². The predicted molar refractivity (Wildman–Crippen MR) is 45.6 cm³/mol. The monoisotopic (exact) mass is 197 g/mol. The largest absolute Gasteiger partial charge is 0.206 e. The van der Waals surface area contributed by atoms with Crippen LogP contribution in [-0.4, -0.2) is 0 Å². The second-order valence-electron chi connectivity index (χ2n) is 2.52. The Morgan fingerprint density at radius 2 is 1.86 bits per heavy atom. The first-order valence-electron chi connectivity index (χ1n) is 3.84. The van der Waals surface area contributed by atoms with Gasteiger partial charge in [-0.3, -0.25) is 0 Å². The molecule has 0 atom stereocenters. The third kappa shape index (κ3) is 2.13. The minimum atomic E-state index is -1.24. The molecule has 1 nitrogen and oxygen atoms in total. The summed E-state index contributed by atoms with van der Waals surface area (Å²) in [7, 11) is 0. The zero-order valence-electron chi connectivity index (χ0n) is 7.10. The standard InChI is InChI=1S/C10H6F3N/c11-8-4-5-9(12)10(13)7(8)3-1-2-6-14/h1,3-5H,2H2. The minimum Gasteiger partial charge on any atom is -0.206 e. The molecule has 0 fully saturated rings. The summed E-state index contributed by atoms with van der Waals surface area (Å²) in [6.07, 6.45) is 2.34. The van der Waals surface area contributed by atoms with Gasteiger partial charge >= 0.3 is 0 Å². The van der Waals surface area contributed by atoms with Crippen molar-refractivity contribution < 1.29 is 13.2 Å². The molecule has 0 aliphatic heterocycles.